The van der Waals surface area contributed by atoms with Gasteiger partial charge in [-0.1, -0.05) is 12.1 Å². The maximum Gasteiger partial charge on any atom is 0.270 e. The minimum Gasteiger partial charge on any atom is -0.490 e. The minimum absolute atomic E-state index is 0.0597. The number of para-hydroxylation sites is 2. The predicted octanol–water partition coefficient (Wildman–Crippen LogP) is 2.56. The van der Waals surface area contributed by atoms with E-state index < -0.39 is 11.9 Å². The quantitative estimate of drug-likeness (QED) is 0.880. The van der Waals surface area contributed by atoms with Gasteiger partial charge in [-0.15, -0.1) is 0 Å². The van der Waals surface area contributed by atoms with E-state index in [1.807, 2.05) is 18.2 Å². The van der Waals surface area contributed by atoms with Gasteiger partial charge in [-0.2, -0.15) is 0 Å². The number of hydrogen-bond acceptors (Lipinski definition) is 5. The lowest BCUT2D eigenvalue weighted by atomic mass is 10.2. The fourth-order valence-electron chi connectivity index (χ4n) is 3.60. The van der Waals surface area contributed by atoms with Crippen LogP contribution in [0.2, 0.25) is 0 Å². The van der Waals surface area contributed by atoms with Crippen molar-refractivity contribution in [1.82, 2.24) is 10.3 Å². The van der Waals surface area contributed by atoms with E-state index in [0.29, 0.717) is 17.2 Å². The van der Waals surface area contributed by atoms with Crippen LogP contribution in [-0.4, -0.2) is 42.6 Å². The largest absolute Gasteiger partial charge is 0.490 e. The molecular formula is C21H23N3O4. The summed E-state index contributed by atoms with van der Waals surface area (Å²) in [5, 5.41) is 2.74. The molecule has 28 heavy (non-hydrogen) atoms. The average molecular weight is 381 g/mol. The highest BCUT2D eigenvalue weighted by Crippen LogP contribution is 2.30. The van der Waals surface area contributed by atoms with E-state index >= 15 is 0 Å². The Balaban J connectivity index is 1.45. The molecule has 1 N–H and O–H groups in total. The van der Waals surface area contributed by atoms with E-state index in [9.17, 15) is 9.59 Å². The van der Waals surface area contributed by atoms with Gasteiger partial charge in [-0.05, 0) is 43.9 Å². The summed E-state index contributed by atoms with van der Waals surface area (Å²) in [6.45, 7) is 0.0597. The molecule has 4 rings (SSSR count). The molecule has 1 atom stereocenters. The molecule has 0 spiro atoms. The maximum absolute atomic E-state index is 12.8. The van der Waals surface area contributed by atoms with Gasteiger partial charge in [0.05, 0.1) is 11.8 Å². The van der Waals surface area contributed by atoms with Gasteiger partial charge in [-0.25, -0.2) is 0 Å². The maximum atomic E-state index is 12.8. The van der Waals surface area contributed by atoms with E-state index in [-0.39, 0.29) is 24.3 Å². The number of nitrogens with zero attached hydrogens (tertiary/aromatic N) is 2. The van der Waals surface area contributed by atoms with Crippen molar-refractivity contribution in [3.8, 4) is 11.5 Å². The smallest absolute Gasteiger partial charge is 0.270 e. The fourth-order valence-corrected chi connectivity index (χ4v) is 3.60. The average Bonchev–Trinajstić information content (AvgIpc) is 3.19. The molecule has 7 nitrogen and oxygen atoms in total. The third-order valence-electron chi connectivity index (χ3n) is 5.14. The number of fused-ring (bicyclic) bond motifs is 1. The number of likely N-dealkylation sites (N-methyl/N-ethyl adjacent to an activating group) is 1. The van der Waals surface area contributed by atoms with Crippen LogP contribution in [-0.2, 0) is 4.79 Å². The Morgan fingerprint density at radius 1 is 1.25 bits per heavy atom. The Morgan fingerprint density at radius 2 is 2.04 bits per heavy atom. The summed E-state index contributed by atoms with van der Waals surface area (Å²) >= 11 is 0. The number of hydrogen-bond donors (Lipinski definition) is 1. The fraction of sp³-hybridized carbons (Fsp3) is 0.381. The first-order valence-electron chi connectivity index (χ1n) is 9.55. The van der Waals surface area contributed by atoms with Crippen LogP contribution in [0.4, 0.5) is 5.69 Å². The van der Waals surface area contributed by atoms with Gasteiger partial charge < -0.3 is 19.7 Å². The van der Waals surface area contributed by atoms with Crippen LogP contribution >= 0.6 is 0 Å². The Morgan fingerprint density at radius 3 is 2.86 bits per heavy atom. The molecule has 0 radical (unpaired) electrons. The zero-order valence-corrected chi connectivity index (χ0v) is 15.8. The second-order valence-electron chi connectivity index (χ2n) is 7.10. The monoisotopic (exact) mass is 381 g/mol. The van der Waals surface area contributed by atoms with Gasteiger partial charge in [0.25, 0.3) is 11.8 Å². The number of anilines is 1. The van der Waals surface area contributed by atoms with E-state index in [1.54, 1.807) is 31.4 Å². The summed E-state index contributed by atoms with van der Waals surface area (Å²) < 4.78 is 11.7. The Kier molecular flexibility index (Phi) is 5.14. The highest BCUT2D eigenvalue weighted by molar-refractivity contribution is 6.02. The third kappa shape index (κ3) is 3.78. The third-order valence-corrected chi connectivity index (χ3v) is 5.14. The van der Waals surface area contributed by atoms with Crippen molar-refractivity contribution in [3.63, 3.8) is 0 Å². The van der Waals surface area contributed by atoms with Crippen LogP contribution in [0.15, 0.2) is 42.6 Å². The van der Waals surface area contributed by atoms with Gasteiger partial charge in [-0.3, -0.25) is 14.6 Å². The Hall–Kier alpha value is -3.09. The molecule has 2 amide bonds. The van der Waals surface area contributed by atoms with Crippen molar-refractivity contribution < 1.29 is 19.1 Å². The topological polar surface area (TPSA) is 80.8 Å². The Bertz CT molecular complexity index is 879. The molecule has 1 saturated carbocycles. The van der Waals surface area contributed by atoms with Crippen LogP contribution in [0, 0.1) is 0 Å². The molecule has 1 aromatic carbocycles. The van der Waals surface area contributed by atoms with Gasteiger partial charge in [0.15, 0.2) is 0 Å². The molecule has 1 aromatic heterocycles. The molecule has 2 heterocycles. The number of pyridine rings is 1. The number of rotatable bonds is 4. The number of ether oxygens (including phenoxy) is 2. The van der Waals surface area contributed by atoms with Crippen molar-refractivity contribution in [2.75, 3.05) is 18.6 Å². The first-order chi connectivity index (χ1) is 13.6. The second kappa shape index (κ2) is 7.88. The van der Waals surface area contributed by atoms with Crippen molar-refractivity contribution in [3.05, 3.63) is 48.3 Å². The SMILES string of the molecule is CN1C(=O)[C@@H](NC(=O)c2cc(OC3CCCC3)ccn2)COc2ccccc21. The van der Waals surface area contributed by atoms with Crippen molar-refractivity contribution in [2.24, 2.45) is 0 Å². The van der Waals surface area contributed by atoms with E-state index in [0.717, 1.165) is 12.8 Å². The summed E-state index contributed by atoms with van der Waals surface area (Å²) in [4.78, 5) is 31.1. The molecule has 0 saturated heterocycles. The first-order valence-corrected chi connectivity index (χ1v) is 9.55. The van der Waals surface area contributed by atoms with Gasteiger partial charge >= 0.3 is 0 Å². The van der Waals surface area contributed by atoms with Crippen molar-refractivity contribution in [2.45, 2.75) is 37.8 Å². The van der Waals surface area contributed by atoms with Crippen LogP contribution in [0.1, 0.15) is 36.2 Å². The first kappa shape index (κ1) is 18.3. The predicted molar refractivity (Wildman–Crippen MR) is 104 cm³/mol. The number of nitrogens with one attached hydrogen (secondary N) is 1. The number of aromatic nitrogens is 1. The second-order valence-corrected chi connectivity index (χ2v) is 7.10. The summed E-state index contributed by atoms with van der Waals surface area (Å²) in [5.41, 5.74) is 0.891. The summed E-state index contributed by atoms with van der Waals surface area (Å²) in [6, 6.07) is 9.86. The lowest BCUT2D eigenvalue weighted by Crippen LogP contribution is -2.49. The molecule has 1 fully saturated rings. The number of amides is 2. The van der Waals surface area contributed by atoms with Crippen LogP contribution < -0.4 is 19.7 Å². The summed E-state index contributed by atoms with van der Waals surface area (Å²) in [6.07, 6.45) is 6.15. The Labute approximate surface area is 163 Å². The lowest BCUT2D eigenvalue weighted by Gasteiger charge is -2.20. The van der Waals surface area contributed by atoms with Crippen molar-refractivity contribution in [1.29, 1.82) is 0 Å². The molecule has 1 aliphatic carbocycles. The molecule has 146 valence electrons. The highest BCUT2D eigenvalue weighted by Gasteiger charge is 2.31. The molecule has 0 unspecified atom stereocenters. The molecule has 2 aromatic rings. The molecular weight excluding hydrogens is 358 g/mol. The molecule has 2 aliphatic rings. The molecule has 7 heteroatoms. The van der Waals surface area contributed by atoms with E-state index in [1.165, 1.54) is 17.7 Å². The van der Waals surface area contributed by atoms with Gasteiger partial charge in [0.2, 0.25) is 0 Å². The zero-order chi connectivity index (χ0) is 19.5. The molecule has 1 aliphatic heterocycles. The zero-order valence-electron chi connectivity index (χ0n) is 15.8. The van der Waals surface area contributed by atoms with Crippen LogP contribution in [0.25, 0.3) is 0 Å². The van der Waals surface area contributed by atoms with Gasteiger partial charge in [0.1, 0.15) is 29.8 Å². The van der Waals surface area contributed by atoms with E-state index in [2.05, 4.69) is 10.3 Å². The van der Waals surface area contributed by atoms with Crippen LogP contribution in [0.5, 0.6) is 11.5 Å². The van der Waals surface area contributed by atoms with Crippen molar-refractivity contribution >= 4 is 17.5 Å². The highest BCUT2D eigenvalue weighted by atomic mass is 16.5. The van der Waals surface area contributed by atoms with Gasteiger partial charge in [0, 0.05) is 19.3 Å². The van der Waals surface area contributed by atoms with Crippen LogP contribution in [0.3, 0.4) is 0 Å². The minimum atomic E-state index is -0.800. The number of carbonyl (C=O) groups excluding carboxylic acids is 2. The van der Waals surface area contributed by atoms with E-state index in [4.69, 9.17) is 9.47 Å². The summed E-state index contributed by atoms with van der Waals surface area (Å²) in [7, 11) is 1.67. The summed E-state index contributed by atoms with van der Waals surface area (Å²) in [5.74, 6) is 0.565. The lowest BCUT2D eigenvalue weighted by molar-refractivity contribution is -0.120. The standard InChI is InChI=1S/C21H23N3O4/c1-24-18-8-4-5-9-19(18)27-13-17(21(24)26)23-20(25)16-12-15(10-11-22-16)28-14-6-2-3-7-14/h4-5,8-12,14,17H,2-3,6-7,13H2,1H3,(H,23,25)/t17-/m0/s1. The molecule has 0 bridgehead atoms. The number of carbonyl (C=O) groups is 2. The number of benzene rings is 1. The normalized spacial score (nSPS) is 19.5.